The van der Waals surface area contributed by atoms with Crippen molar-refractivity contribution in [2.24, 2.45) is 5.10 Å². The predicted octanol–water partition coefficient (Wildman–Crippen LogP) is 5.93. The van der Waals surface area contributed by atoms with Gasteiger partial charge in [-0.3, -0.25) is 4.79 Å². The van der Waals surface area contributed by atoms with E-state index in [2.05, 4.69) is 31.0 Å². The van der Waals surface area contributed by atoms with Crippen LogP contribution in [0, 0.1) is 0 Å². The lowest BCUT2D eigenvalue weighted by molar-refractivity contribution is -0.136. The summed E-state index contributed by atoms with van der Waals surface area (Å²) < 4.78 is 48.8. The van der Waals surface area contributed by atoms with E-state index in [4.69, 9.17) is 4.42 Å². The van der Waals surface area contributed by atoms with Crippen molar-refractivity contribution < 1.29 is 17.6 Å². The maximum Gasteiger partial charge on any atom is 0.417 e. The Balaban J connectivity index is 1.70. The highest BCUT2D eigenvalue weighted by molar-refractivity contribution is 9.10. The van der Waals surface area contributed by atoms with E-state index in [0.717, 1.165) is 21.5 Å². The Kier molecular flexibility index (Phi) is 4.94. The summed E-state index contributed by atoms with van der Waals surface area (Å²) in [5, 5.41) is 5.44. The molecule has 0 saturated heterocycles. The minimum atomic E-state index is -4.69. The molecule has 0 saturated carbocycles. The molecule has 0 spiro atoms. The Morgan fingerprint density at radius 3 is 2.66 bits per heavy atom. The minimum Gasteiger partial charge on any atom is -0.430 e. The van der Waals surface area contributed by atoms with E-state index in [0.29, 0.717) is 10.4 Å². The van der Waals surface area contributed by atoms with E-state index in [-0.39, 0.29) is 27.9 Å². The highest BCUT2D eigenvalue weighted by Crippen LogP contribution is 2.40. The summed E-state index contributed by atoms with van der Waals surface area (Å²) in [7, 11) is 0. The molecule has 1 aromatic carbocycles. The van der Waals surface area contributed by atoms with Crippen LogP contribution in [0.5, 0.6) is 0 Å². The Morgan fingerprint density at radius 1 is 1.19 bits per heavy atom. The van der Waals surface area contributed by atoms with Crippen LogP contribution < -0.4 is 5.56 Å². The smallest absolute Gasteiger partial charge is 0.417 e. The van der Waals surface area contributed by atoms with Crippen LogP contribution in [-0.4, -0.2) is 20.9 Å². The van der Waals surface area contributed by atoms with Gasteiger partial charge in [-0.15, -0.1) is 11.3 Å². The summed E-state index contributed by atoms with van der Waals surface area (Å²) in [5.74, 6) is 0. The molecule has 4 aromatic heterocycles. The first-order valence-corrected chi connectivity index (χ1v) is 10.7. The molecule has 0 amide bonds. The van der Waals surface area contributed by atoms with Crippen molar-refractivity contribution in [2.75, 3.05) is 0 Å². The van der Waals surface area contributed by atoms with E-state index in [9.17, 15) is 18.0 Å². The molecule has 0 N–H and O–H groups in total. The van der Waals surface area contributed by atoms with Crippen molar-refractivity contribution in [3.05, 3.63) is 80.1 Å². The van der Waals surface area contributed by atoms with Gasteiger partial charge in [0.1, 0.15) is 11.8 Å². The van der Waals surface area contributed by atoms with Crippen LogP contribution in [0.4, 0.5) is 13.2 Å². The molecule has 0 bridgehead atoms. The predicted molar refractivity (Wildman–Crippen MR) is 119 cm³/mol. The molecule has 11 heteroatoms. The van der Waals surface area contributed by atoms with Gasteiger partial charge in [0.25, 0.3) is 0 Å². The number of nitrogens with zero attached hydrogens (tertiary/aromatic N) is 4. The van der Waals surface area contributed by atoms with Crippen LogP contribution in [-0.2, 0) is 6.18 Å². The number of benzene rings is 1. The second kappa shape index (κ2) is 7.68. The Labute approximate surface area is 189 Å². The van der Waals surface area contributed by atoms with Crippen LogP contribution in [0.3, 0.4) is 0 Å². The molecule has 6 nitrogen and oxygen atoms in total. The van der Waals surface area contributed by atoms with Crippen molar-refractivity contribution in [2.45, 2.75) is 6.18 Å². The Hall–Kier alpha value is -3.31. The van der Waals surface area contributed by atoms with Crippen molar-refractivity contribution in [3.63, 3.8) is 0 Å². The summed E-state index contributed by atoms with van der Waals surface area (Å²) >= 11 is 4.57. The van der Waals surface area contributed by atoms with Gasteiger partial charge in [-0.25, -0.2) is 9.97 Å². The number of furan rings is 1. The zero-order valence-electron chi connectivity index (χ0n) is 15.8. The maximum atomic E-state index is 13.9. The number of halogens is 4. The summed E-state index contributed by atoms with van der Waals surface area (Å²) in [6.07, 6.45) is -2.21. The number of pyridine rings is 1. The quantitative estimate of drug-likeness (QED) is 0.277. The van der Waals surface area contributed by atoms with E-state index in [1.54, 1.807) is 41.8 Å². The van der Waals surface area contributed by atoms with Crippen molar-refractivity contribution in [1.82, 2.24) is 14.6 Å². The first kappa shape index (κ1) is 20.6. The molecule has 5 aromatic rings. The Bertz CT molecular complexity index is 1540. The highest BCUT2D eigenvalue weighted by atomic mass is 79.9. The standard InChI is InChI=1S/C21H10BrF3N4O2S/c22-12-5-3-11(4-6-12)9-27-29-10-26-17-16-13(21(23,24)25)8-14(15-2-1-7-32-15)28-19(16)31-18(17)20(29)30/h1-10H/b27-9+. The van der Waals surface area contributed by atoms with E-state index in [1.807, 2.05) is 0 Å². The first-order valence-electron chi connectivity index (χ1n) is 9.07. The van der Waals surface area contributed by atoms with Crippen LogP contribution in [0.15, 0.2) is 73.0 Å². The van der Waals surface area contributed by atoms with E-state index >= 15 is 0 Å². The zero-order chi connectivity index (χ0) is 22.5. The first-order chi connectivity index (χ1) is 15.3. The van der Waals surface area contributed by atoms with E-state index < -0.39 is 17.3 Å². The SMILES string of the molecule is O=c1c2oc3nc(-c4cccs4)cc(C(F)(F)F)c3c2ncn1/N=C/c1ccc(Br)cc1. The minimum absolute atomic E-state index is 0.104. The third kappa shape index (κ3) is 3.63. The van der Waals surface area contributed by atoms with Gasteiger partial charge in [0, 0.05) is 4.47 Å². The number of hydrogen-bond donors (Lipinski definition) is 0. The van der Waals surface area contributed by atoms with Crippen LogP contribution in [0.25, 0.3) is 32.8 Å². The van der Waals surface area contributed by atoms with Crippen LogP contribution in [0.2, 0.25) is 0 Å². The topological polar surface area (TPSA) is 73.3 Å². The summed E-state index contributed by atoms with van der Waals surface area (Å²) in [6.45, 7) is 0. The molecule has 0 radical (unpaired) electrons. The molecule has 0 aliphatic rings. The third-order valence-corrected chi connectivity index (χ3v) is 6.04. The van der Waals surface area contributed by atoms with Crippen molar-refractivity contribution in [3.8, 4) is 10.6 Å². The zero-order valence-corrected chi connectivity index (χ0v) is 18.2. The average molecular weight is 519 g/mol. The van der Waals surface area contributed by atoms with Gasteiger partial charge >= 0.3 is 11.7 Å². The molecule has 4 heterocycles. The fraction of sp³-hybridized carbons (Fsp3) is 0.0476. The number of hydrogen-bond acceptors (Lipinski definition) is 6. The fourth-order valence-corrected chi connectivity index (χ4v) is 4.10. The second-order valence-electron chi connectivity index (χ2n) is 6.68. The van der Waals surface area contributed by atoms with Gasteiger partial charge in [-0.1, -0.05) is 34.1 Å². The highest BCUT2D eigenvalue weighted by Gasteiger charge is 2.36. The number of thiophene rings is 1. The summed E-state index contributed by atoms with van der Waals surface area (Å²) in [4.78, 5) is 21.6. The maximum absolute atomic E-state index is 13.9. The lowest BCUT2D eigenvalue weighted by Crippen LogP contribution is -2.16. The third-order valence-electron chi connectivity index (χ3n) is 4.62. The lowest BCUT2D eigenvalue weighted by Gasteiger charge is -2.09. The molecule has 5 rings (SSSR count). The normalized spacial score (nSPS) is 12.4. The number of aromatic nitrogens is 3. The van der Waals surface area contributed by atoms with Crippen molar-refractivity contribution >= 4 is 55.7 Å². The number of rotatable bonds is 3. The van der Waals surface area contributed by atoms with Gasteiger partial charge in [-0.2, -0.15) is 22.9 Å². The molecule has 0 fully saturated rings. The van der Waals surface area contributed by atoms with Crippen LogP contribution >= 0.6 is 27.3 Å². The van der Waals surface area contributed by atoms with Crippen LogP contribution in [0.1, 0.15) is 11.1 Å². The lowest BCUT2D eigenvalue weighted by atomic mass is 10.1. The Morgan fingerprint density at radius 2 is 1.97 bits per heavy atom. The molecular formula is C21H10BrF3N4O2S. The van der Waals surface area contributed by atoms with E-state index in [1.165, 1.54) is 17.6 Å². The molecule has 0 aliphatic carbocycles. The molecule has 0 aliphatic heterocycles. The average Bonchev–Trinajstić information content (AvgIpc) is 3.41. The number of fused-ring (bicyclic) bond motifs is 3. The summed E-state index contributed by atoms with van der Waals surface area (Å²) in [5.41, 5.74) is -1.76. The van der Waals surface area contributed by atoms with Gasteiger partial charge in [-0.05, 0) is 35.2 Å². The van der Waals surface area contributed by atoms with Gasteiger partial charge in [0.2, 0.25) is 11.3 Å². The van der Waals surface area contributed by atoms with Crippen molar-refractivity contribution in [1.29, 1.82) is 0 Å². The molecule has 0 atom stereocenters. The van der Waals surface area contributed by atoms with Gasteiger partial charge in [0.15, 0.2) is 0 Å². The molecular weight excluding hydrogens is 509 g/mol. The second-order valence-corrected chi connectivity index (χ2v) is 8.54. The molecule has 160 valence electrons. The number of alkyl halides is 3. The fourth-order valence-electron chi connectivity index (χ4n) is 3.15. The van der Waals surface area contributed by atoms with Gasteiger partial charge < -0.3 is 4.42 Å². The molecule has 0 unspecified atom stereocenters. The van der Waals surface area contributed by atoms with Gasteiger partial charge in [0.05, 0.1) is 27.7 Å². The molecule has 32 heavy (non-hydrogen) atoms. The largest absolute Gasteiger partial charge is 0.430 e. The monoisotopic (exact) mass is 518 g/mol. The summed E-state index contributed by atoms with van der Waals surface area (Å²) in [6, 6.07) is 11.5.